The van der Waals surface area contributed by atoms with Gasteiger partial charge in [-0.3, -0.25) is 4.79 Å². The van der Waals surface area contributed by atoms with Crippen LogP contribution in [0, 0.1) is 18.8 Å². The molecular weight excluding hydrogens is 397 g/mol. The van der Waals surface area contributed by atoms with Crippen molar-refractivity contribution in [2.75, 3.05) is 0 Å². The van der Waals surface area contributed by atoms with Crippen LogP contribution in [0.1, 0.15) is 56.7 Å². The van der Waals surface area contributed by atoms with Gasteiger partial charge < -0.3 is 5.32 Å². The van der Waals surface area contributed by atoms with Gasteiger partial charge in [-0.25, -0.2) is 4.39 Å². The number of carbonyl (C=O) groups excluding carboxylic acids is 1. The van der Waals surface area contributed by atoms with E-state index in [9.17, 15) is 9.18 Å². The van der Waals surface area contributed by atoms with Gasteiger partial charge in [0, 0.05) is 18.0 Å². The third kappa shape index (κ3) is 6.29. The van der Waals surface area contributed by atoms with Crippen LogP contribution in [-0.2, 0) is 4.79 Å². The molecule has 2 nitrogen and oxygen atoms in total. The number of hydrogen-bond acceptors (Lipinski definition) is 2. The maximum Gasteiger partial charge on any atom is 0.139 e. The predicted octanol–water partition coefficient (Wildman–Crippen LogP) is 7.39. The molecule has 0 bridgehead atoms. The van der Waals surface area contributed by atoms with E-state index >= 15 is 0 Å². The van der Waals surface area contributed by atoms with E-state index < -0.39 is 0 Å². The monoisotopic (exact) mass is 431 g/mol. The van der Waals surface area contributed by atoms with Crippen LogP contribution < -0.4 is 5.32 Å². The van der Waals surface area contributed by atoms with E-state index in [4.69, 9.17) is 0 Å². The van der Waals surface area contributed by atoms with Gasteiger partial charge >= 0.3 is 0 Å². The Balaban J connectivity index is 2.06. The average molecular weight is 432 g/mol. The van der Waals surface area contributed by atoms with Crippen molar-refractivity contribution in [2.24, 2.45) is 11.8 Å². The molecule has 1 N–H and O–H groups in total. The predicted molar refractivity (Wildman–Crippen MR) is 132 cm³/mol. The number of benzene rings is 1. The maximum absolute atomic E-state index is 13.7. The minimum atomic E-state index is -0.343. The first kappa shape index (κ1) is 23.7. The lowest BCUT2D eigenvalue weighted by molar-refractivity contribution is -0.120. The number of ketones is 1. The third-order valence-electron chi connectivity index (χ3n) is 6.02. The first-order valence-electron chi connectivity index (χ1n) is 11.6. The number of nitrogens with one attached hydrogen (secondary N) is 1. The van der Waals surface area contributed by atoms with Gasteiger partial charge in [0.15, 0.2) is 0 Å². The Morgan fingerprint density at radius 3 is 2.81 bits per heavy atom. The molecule has 3 rings (SSSR count). The van der Waals surface area contributed by atoms with Gasteiger partial charge in [0.2, 0.25) is 0 Å². The second kappa shape index (κ2) is 11.6. The van der Waals surface area contributed by atoms with Crippen LogP contribution in [0.3, 0.4) is 0 Å². The number of aryl methyl sites for hydroxylation is 1. The largest absolute Gasteiger partial charge is 0.380 e. The minimum absolute atomic E-state index is 0.0203. The van der Waals surface area contributed by atoms with Crippen molar-refractivity contribution in [2.45, 2.75) is 52.5 Å². The van der Waals surface area contributed by atoms with Crippen LogP contribution >= 0.6 is 0 Å². The molecule has 32 heavy (non-hydrogen) atoms. The Bertz CT molecular complexity index is 992. The first-order chi connectivity index (χ1) is 15.5. The summed E-state index contributed by atoms with van der Waals surface area (Å²) in [5, 5.41) is 3.71. The van der Waals surface area contributed by atoms with Crippen molar-refractivity contribution in [3.8, 4) is 0 Å². The fourth-order valence-corrected chi connectivity index (χ4v) is 4.43. The molecule has 0 saturated carbocycles. The Hall–Kier alpha value is -2.94. The maximum atomic E-state index is 13.7. The van der Waals surface area contributed by atoms with Crippen molar-refractivity contribution < 1.29 is 9.18 Å². The molecular formula is C29H34FNO. The van der Waals surface area contributed by atoms with Crippen LogP contribution in [0.15, 0.2) is 96.0 Å². The number of allylic oxidation sites excluding steroid dienone is 10. The SMILES string of the molecule is CCC/C=C(\C1C=CC(F)=CC1)C(C(C)=O)C(NC1=CC=CC=CC1)c1cccc(C)c1. The van der Waals surface area contributed by atoms with E-state index in [1.54, 1.807) is 13.0 Å². The fraction of sp³-hybridized carbons (Fsp3) is 0.345. The number of unbranched alkanes of at least 4 members (excludes halogenated alkanes) is 1. The normalized spacial score (nSPS) is 20.2. The quantitative estimate of drug-likeness (QED) is 0.413. The molecule has 1 aromatic rings. The molecule has 0 saturated heterocycles. The average Bonchev–Trinajstić information content (AvgIpc) is 3.05. The molecule has 0 amide bonds. The lowest BCUT2D eigenvalue weighted by Gasteiger charge is -2.34. The summed E-state index contributed by atoms with van der Waals surface area (Å²) in [6.07, 6.45) is 20.8. The summed E-state index contributed by atoms with van der Waals surface area (Å²) in [4.78, 5) is 13.2. The molecule has 0 radical (unpaired) electrons. The number of carbonyl (C=O) groups is 1. The number of hydrogen-bond donors (Lipinski definition) is 1. The summed E-state index contributed by atoms with van der Waals surface area (Å²) < 4.78 is 13.7. The Morgan fingerprint density at radius 1 is 1.28 bits per heavy atom. The topological polar surface area (TPSA) is 29.1 Å². The molecule has 0 aromatic heterocycles. The molecule has 0 fully saturated rings. The molecule has 2 aliphatic carbocycles. The second-order valence-corrected chi connectivity index (χ2v) is 8.62. The number of halogens is 1. The zero-order valence-electron chi connectivity index (χ0n) is 19.4. The molecule has 0 heterocycles. The van der Waals surface area contributed by atoms with Gasteiger partial charge in [-0.1, -0.05) is 85.2 Å². The first-order valence-corrected chi connectivity index (χ1v) is 11.6. The zero-order chi connectivity index (χ0) is 22.9. The van der Waals surface area contributed by atoms with Gasteiger partial charge in [-0.2, -0.15) is 0 Å². The van der Waals surface area contributed by atoms with Crippen molar-refractivity contribution >= 4 is 5.78 Å². The molecule has 3 heteroatoms. The minimum Gasteiger partial charge on any atom is -0.380 e. The summed E-state index contributed by atoms with van der Waals surface area (Å²) in [6, 6.07) is 8.17. The van der Waals surface area contributed by atoms with E-state index in [1.165, 1.54) is 6.08 Å². The summed E-state index contributed by atoms with van der Waals surface area (Å²) in [7, 11) is 0. The van der Waals surface area contributed by atoms with Gasteiger partial charge in [0.05, 0.1) is 12.0 Å². The highest BCUT2D eigenvalue weighted by Gasteiger charge is 2.34. The summed E-state index contributed by atoms with van der Waals surface area (Å²) >= 11 is 0. The smallest absolute Gasteiger partial charge is 0.139 e. The fourth-order valence-electron chi connectivity index (χ4n) is 4.43. The van der Waals surface area contributed by atoms with Crippen LogP contribution in [0.2, 0.25) is 0 Å². The van der Waals surface area contributed by atoms with Crippen LogP contribution in [0.4, 0.5) is 4.39 Å². The lowest BCUT2D eigenvalue weighted by Crippen LogP contribution is -2.35. The van der Waals surface area contributed by atoms with Crippen molar-refractivity contribution in [3.05, 3.63) is 107 Å². The van der Waals surface area contributed by atoms with Gasteiger partial charge in [0.1, 0.15) is 11.6 Å². The van der Waals surface area contributed by atoms with E-state index in [0.717, 1.165) is 41.7 Å². The summed E-state index contributed by atoms with van der Waals surface area (Å²) in [5.74, 6) is -0.405. The summed E-state index contributed by atoms with van der Waals surface area (Å²) in [6.45, 7) is 5.89. The molecule has 3 unspecified atom stereocenters. The molecule has 0 spiro atoms. The van der Waals surface area contributed by atoms with Gasteiger partial charge in [-0.15, -0.1) is 0 Å². The van der Waals surface area contributed by atoms with E-state index in [-0.39, 0.29) is 29.5 Å². The van der Waals surface area contributed by atoms with E-state index in [0.29, 0.717) is 6.42 Å². The summed E-state index contributed by atoms with van der Waals surface area (Å²) in [5.41, 5.74) is 4.41. The Kier molecular flexibility index (Phi) is 8.61. The second-order valence-electron chi connectivity index (χ2n) is 8.62. The highest BCUT2D eigenvalue weighted by atomic mass is 19.1. The van der Waals surface area contributed by atoms with Crippen molar-refractivity contribution in [3.63, 3.8) is 0 Å². The van der Waals surface area contributed by atoms with E-state index in [1.807, 2.05) is 30.4 Å². The Labute approximate surface area is 192 Å². The standard InChI is InChI=1S/C29H34FNO/c1-4-5-15-27(23-16-18-25(30)19-17-23)28(22(3)32)29(24-12-10-11-21(2)20-24)31-26-13-8-6-7-9-14-26/h6-13,15-16,18-20,23,28-29,31H,4-5,14,17H2,1-3H3/b27-15+. The zero-order valence-corrected chi connectivity index (χ0v) is 19.4. The number of Topliss-reactive ketones (excluding diaryl/α,β-unsaturated/α-hetero) is 1. The van der Waals surface area contributed by atoms with Crippen LogP contribution in [0.25, 0.3) is 0 Å². The highest BCUT2D eigenvalue weighted by Crippen LogP contribution is 2.38. The molecule has 168 valence electrons. The van der Waals surface area contributed by atoms with Crippen molar-refractivity contribution in [1.82, 2.24) is 5.32 Å². The Morgan fingerprint density at radius 2 is 2.12 bits per heavy atom. The van der Waals surface area contributed by atoms with E-state index in [2.05, 4.69) is 55.6 Å². The van der Waals surface area contributed by atoms with Crippen LogP contribution in [0.5, 0.6) is 0 Å². The third-order valence-corrected chi connectivity index (χ3v) is 6.02. The van der Waals surface area contributed by atoms with Crippen LogP contribution in [-0.4, -0.2) is 5.78 Å². The van der Waals surface area contributed by atoms with Crippen molar-refractivity contribution in [1.29, 1.82) is 0 Å². The lowest BCUT2D eigenvalue weighted by atomic mass is 9.75. The molecule has 2 aliphatic rings. The van der Waals surface area contributed by atoms with Gasteiger partial charge in [0.25, 0.3) is 0 Å². The molecule has 1 aromatic carbocycles. The number of rotatable bonds is 9. The highest BCUT2D eigenvalue weighted by molar-refractivity contribution is 5.82. The van der Waals surface area contributed by atoms with Gasteiger partial charge in [-0.05, 0) is 50.5 Å². The molecule has 3 atom stereocenters. The molecule has 0 aliphatic heterocycles.